The molecule has 1 unspecified atom stereocenters. The number of halogens is 1. The highest BCUT2D eigenvalue weighted by atomic mass is 35.5. The van der Waals surface area contributed by atoms with Crippen molar-refractivity contribution in [2.75, 3.05) is 31.1 Å². The van der Waals surface area contributed by atoms with E-state index in [1.807, 2.05) is 36.1 Å². The van der Waals surface area contributed by atoms with Crippen molar-refractivity contribution in [1.29, 1.82) is 0 Å². The van der Waals surface area contributed by atoms with Crippen molar-refractivity contribution in [3.63, 3.8) is 0 Å². The number of hydrogen-bond acceptors (Lipinski definition) is 4. The van der Waals surface area contributed by atoms with Crippen molar-refractivity contribution in [3.8, 4) is 5.75 Å². The lowest BCUT2D eigenvalue weighted by Crippen LogP contribution is -2.52. The molecule has 0 saturated carbocycles. The predicted molar refractivity (Wildman–Crippen MR) is 99.3 cm³/mol. The van der Waals surface area contributed by atoms with Crippen molar-refractivity contribution in [2.45, 2.75) is 20.0 Å². The number of nitrogens with zero attached hydrogens (tertiary/aromatic N) is 3. The van der Waals surface area contributed by atoms with Crippen molar-refractivity contribution in [1.82, 2.24) is 9.88 Å². The fraction of sp³-hybridized carbons (Fsp3) is 0.368. The fourth-order valence-electron chi connectivity index (χ4n) is 2.90. The number of carbonyl (C=O) groups is 1. The zero-order valence-electron chi connectivity index (χ0n) is 14.5. The number of anilines is 1. The first-order chi connectivity index (χ1) is 12.0. The highest BCUT2D eigenvalue weighted by Crippen LogP contribution is 2.22. The van der Waals surface area contributed by atoms with E-state index in [1.54, 1.807) is 25.3 Å². The summed E-state index contributed by atoms with van der Waals surface area (Å²) in [6.45, 7) is 6.59. The van der Waals surface area contributed by atoms with E-state index in [0.29, 0.717) is 23.9 Å². The van der Waals surface area contributed by atoms with Crippen LogP contribution < -0.4 is 9.64 Å². The Morgan fingerprint density at radius 3 is 2.60 bits per heavy atom. The summed E-state index contributed by atoms with van der Waals surface area (Å²) in [4.78, 5) is 21.1. The van der Waals surface area contributed by atoms with Crippen LogP contribution in [0.1, 0.15) is 12.5 Å². The molecular formula is C19H22ClN3O2. The summed E-state index contributed by atoms with van der Waals surface area (Å²) in [5.74, 6) is 1.62. The van der Waals surface area contributed by atoms with Crippen LogP contribution in [0.2, 0.25) is 5.02 Å². The van der Waals surface area contributed by atoms with Crippen molar-refractivity contribution < 1.29 is 9.53 Å². The van der Waals surface area contributed by atoms with E-state index < -0.39 is 6.10 Å². The average molecular weight is 360 g/mol. The summed E-state index contributed by atoms with van der Waals surface area (Å²) in [6, 6.07) is 11.3. The van der Waals surface area contributed by atoms with Gasteiger partial charge in [0, 0.05) is 37.4 Å². The van der Waals surface area contributed by atoms with E-state index in [9.17, 15) is 4.79 Å². The minimum absolute atomic E-state index is 0.00766. The van der Waals surface area contributed by atoms with Gasteiger partial charge in [0.1, 0.15) is 11.6 Å². The number of carbonyl (C=O) groups excluding carboxylic acids is 1. The number of aryl methyl sites for hydroxylation is 1. The smallest absolute Gasteiger partial charge is 0.263 e. The number of rotatable bonds is 4. The number of pyridine rings is 1. The molecule has 2 aromatic rings. The van der Waals surface area contributed by atoms with Crippen LogP contribution in [-0.2, 0) is 4.79 Å². The molecule has 6 heteroatoms. The van der Waals surface area contributed by atoms with Gasteiger partial charge in [-0.05, 0) is 49.7 Å². The Hall–Kier alpha value is -2.27. The van der Waals surface area contributed by atoms with Crippen molar-refractivity contribution in [3.05, 3.63) is 53.2 Å². The zero-order chi connectivity index (χ0) is 17.8. The van der Waals surface area contributed by atoms with Gasteiger partial charge in [-0.15, -0.1) is 0 Å². The monoisotopic (exact) mass is 359 g/mol. The second-order valence-electron chi connectivity index (χ2n) is 6.17. The maximum absolute atomic E-state index is 12.6. The quantitative estimate of drug-likeness (QED) is 0.841. The summed E-state index contributed by atoms with van der Waals surface area (Å²) >= 11 is 6.03. The van der Waals surface area contributed by atoms with Gasteiger partial charge in [0.25, 0.3) is 5.91 Å². The molecule has 2 heterocycles. The molecule has 0 radical (unpaired) electrons. The number of aromatic nitrogens is 1. The number of hydrogen-bond donors (Lipinski definition) is 0. The van der Waals surface area contributed by atoms with Crippen LogP contribution in [-0.4, -0.2) is 48.1 Å². The SMILES string of the molecule is Cc1cc(OC(C)C(=O)N2CCN(c3ccccn3)CC2)ccc1Cl. The molecule has 1 saturated heterocycles. The summed E-state index contributed by atoms with van der Waals surface area (Å²) < 4.78 is 5.80. The van der Waals surface area contributed by atoms with Crippen LogP contribution >= 0.6 is 11.6 Å². The molecule has 0 N–H and O–H groups in total. The first-order valence-electron chi connectivity index (χ1n) is 8.42. The van der Waals surface area contributed by atoms with Crippen molar-refractivity contribution in [2.24, 2.45) is 0 Å². The number of amides is 1. The van der Waals surface area contributed by atoms with E-state index in [4.69, 9.17) is 16.3 Å². The third-order valence-electron chi connectivity index (χ3n) is 4.35. The Balaban J connectivity index is 1.55. The normalized spacial score (nSPS) is 15.8. The molecule has 5 nitrogen and oxygen atoms in total. The van der Waals surface area contributed by atoms with Crippen LogP contribution in [0.25, 0.3) is 0 Å². The Labute approximate surface area is 153 Å². The summed E-state index contributed by atoms with van der Waals surface area (Å²) in [5, 5.41) is 0.692. The topological polar surface area (TPSA) is 45.7 Å². The number of benzene rings is 1. The molecule has 3 rings (SSSR count). The van der Waals surface area contributed by atoms with Gasteiger partial charge in [0.2, 0.25) is 0 Å². The van der Waals surface area contributed by atoms with Gasteiger partial charge >= 0.3 is 0 Å². The second kappa shape index (κ2) is 7.74. The summed E-state index contributed by atoms with van der Waals surface area (Å²) in [5.41, 5.74) is 0.933. The Kier molecular flexibility index (Phi) is 5.43. The van der Waals surface area contributed by atoms with E-state index in [-0.39, 0.29) is 5.91 Å². The van der Waals surface area contributed by atoms with Crippen LogP contribution in [0, 0.1) is 6.92 Å². The first kappa shape index (κ1) is 17.5. The van der Waals surface area contributed by atoms with Crippen LogP contribution in [0.3, 0.4) is 0 Å². The zero-order valence-corrected chi connectivity index (χ0v) is 15.2. The lowest BCUT2D eigenvalue weighted by molar-refractivity contribution is -0.138. The first-order valence-corrected chi connectivity index (χ1v) is 8.80. The number of ether oxygens (including phenoxy) is 1. The third kappa shape index (κ3) is 4.23. The minimum Gasteiger partial charge on any atom is -0.481 e. The lowest BCUT2D eigenvalue weighted by Gasteiger charge is -2.36. The molecule has 0 spiro atoms. The molecular weight excluding hydrogens is 338 g/mol. The van der Waals surface area contributed by atoms with Gasteiger partial charge in [-0.2, -0.15) is 0 Å². The summed E-state index contributed by atoms with van der Waals surface area (Å²) in [7, 11) is 0. The molecule has 1 fully saturated rings. The molecule has 0 aliphatic carbocycles. The molecule has 1 atom stereocenters. The van der Waals surface area contributed by atoms with E-state index in [1.165, 1.54) is 0 Å². The molecule has 1 aromatic carbocycles. The maximum Gasteiger partial charge on any atom is 0.263 e. The standard InChI is InChI=1S/C19H22ClN3O2/c1-14-13-16(6-7-17(14)20)25-15(2)19(24)23-11-9-22(10-12-23)18-5-3-4-8-21-18/h3-8,13,15H,9-12H2,1-2H3. The highest BCUT2D eigenvalue weighted by Gasteiger charge is 2.26. The lowest BCUT2D eigenvalue weighted by atomic mass is 10.2. The number of piperazine rings is 1. The molecule has 0 bridgehead atoms. The van der Waals surface area contributed by atoms with Gasteiger partial charge < -0.3 is 14.5 Å². The van der Waals surface area contributed by atoms with E-state index >= 15 is 0 Å². The molecule has 132 valence electrons. The fourth-order valence-corrected chi connectivity index (χ4v) is 3.02. The highest BCUT2D eigenvalue weighted by molar-refractivity contribution is 6.31. The Morgan fingerprint density at radius 2 is 1.96 bits per heavy atom. The van der Waals surface area contributed by atoms with Gasteiger partial charge in [-0.3, -0.25) is 4.79 Å². The van der Waals surface area contributed by atoms with Crippen LogP contribution in [0.15, 0.2) is 42.6 Å². The van der Waals surface area contributed by atoms with Gasteiger partial charge in [-0.1, -0.05) is 17.7 Å². The van der Waals surface area contributed by atoms with Gasteiger partial charge in [0.15, 0.2) is 6.10 Å². The molecule has 1 amide bonds. The average Bonchev–Trinajstić information content (AvgIpc) is 2.65. The van der Waals surface area contributed by atoms with E-state index in [0.717, 1.165) is 24.5 Å². The summed E-state index contributed by atoms with van der Waals surface area (Å²) in [6.07, 6.45) is 1.26. The molecule has 1 aromatic heterocycles. The molecule has 1 aliphatic heterocycles. The van der Waals surface area contributed by atoms with Crippen LogP contribution in [0.4, 0.5) is 5.82 Å². The van der Waals surface area contributed by atoms with Crippen LogP contribution in [0.5, 0.6) is 5.75 Å². The second-order valence-corrected chi connectivity index (χ2v) is 6.58. The minimum atomic E-state index is -0.526. The van der Waals surface area contributed by atoms with Gasteiger partial charge in [-0.25, -0.2) is 4.98 Å². The Morgan fingerprint density at radius 1 is 1.20 bits per heavy atom. The van der Waals surface area contributed by atoms with E-state index in [2.05, 4.69) is 9.88 Å². The van der Waals surface area contributed by atoms with Gasteiger partial charge in [0.05, 0.1) is 0 Å². The Bertz CT molecular complexity index is 731. The van der Waals surface area contributed by atoms with Crippen molar-refractivity contribution >= 4 is 23.3 Å². The molecule has 25 heavy (non-hydrogen) atoms. The maximum atomic E-state index is 12.6. The predicted octanol–water partition coefficient (Wildman–Crippen LogP) is 3.16. The third-order valence-corrected chi connectivity index (χ3v) is 4.78. The largest absolute Gasteiger partial charge is 0.481 e. The molecule has 1 aliphatic rings.